The van der Waals surface area contributed by atoms with E-state index >= 15 is 0 Å². The minimum atomic E-state index is 0.831. The molecule has 1 N–H and O–H groups in total. The molecule has 2 heterocycles. The van der Waals surface area contributed by atoms with Crippen molar-refractivity contribution in [3.63, 3.8) is 0 Å². The lowest BCUT2D eigenvalue weighted by molar-refractivity contribution is 0.351. The maximum absolute atomic E-state index is 4.37. The van der Waals surface area contributed by atoms with E-state index in [4.69, 9.17) is 0 Å². The molecular weight excluding hydrogens is 248 g/mol. The molecule has 0 radical (unpaired) electrons. The van der Waals surface area contributed by atoms with Gasteiger partial charge in [-0.05, 0) is 57.3 Å². The number of aryl methyl sites for hydroxylation is 2. The van der Waals surface area contributed by atoms with Crippen LogP contribution in [0.15, 0.2) is 30.3 Å². The number of hydrogen-bond donors (Lipinski definition) is 1. The lowest BCUT2D eigenvalue weighted by atomic mass is 9.93. The second-order valence-electron chi connectivity index (χ2n) is 5.57. The molecule has 20 heavy (non-hydrogen) atoms. The lowest BCUT2D eigenvalue weighted by Crippen LogP contribution is -2.28. The van der Waals surface area contributed by atoms with Crippen LogP contribution in [-0.2, 0) is 6.42 Å². The van der Waals surface area contributed by atoms with E-state index in [0.717, 1.165) is 42.8 Å². The SMILES string of the molecule is Cc1nnc(CCC2CCNCC2)n1-c1ccccc1. The zero-order valence-corrected chi connectivity index (χ0v) is 12.0. The van der Waals surface area contributed by atoms with E-state index in [1.165, 1.54) is 19.3 Å². The molecule has 1 aromatic heterocycles. The fourth-order valence-corrected chi connectivity index (χ4v) is 2.98. The third-order valence-corrected chi connectivity index (χ3v) is 4.14. The minimum absolute atomic E-state index is 0.831. The van der Waals surface area contributed by atoms with Crippen molar-refractivity contribution in [3.05, 3.63) is 42.0 Å². The first kappa shape index (κ1) is 13.3. The Balaban J connectivity index is 1.74. The molecule has 4 nitrogen and oxygen atoms in total. The lowest BCUT2D eigenvalue weighted by Gasteiger charge is -2.22. The van der Waals surface area contributed by atoms with Crippen LogP contribution >= 0.6 is 0 Å². The third-order valence-electron chi connectivity index (χ3n) is 4.14. The van der Waals surface area contributed by atoms with Crippen molar-refractivity contribution in [2.75, 3.05) is 13.1 Å². The Kier molecular flexibility index (Phi) is 4.11. The van der Waals surface area contributed by atoms with Crippen molar-refractivity contribution in [2.24, 2.45) is 5.92 Å². The highest BCUT2D eigenvalue weighted by molar-refractivity contribution is 5.33. The van der Waals surface area contributed by atoms with Gasteiger partial charge in [0.05, 0.1) is 0 Å². The summed E-state index contributed by atoms with van der Waals surface area (Å²) in [6, 6.07) is 10.4. The van der Waals surface area contributed by atoms with Gasteiger partial charge in [-0.25, -0.2) is 0 Å². The van der Waals surface area contributed by atoms with Gasteiger partial charge in [-0.1, -0.05) is 18.2 Å². The fourth-order valence-electron chi connectivity index (χ4n) is 2.98. The Labute approximate surface area is 120 Å². The van der Waals surface area contributed by atoms with Crippen LogP contribution in [0.1, 0.15) is 30.9 Å². The summed E-state index contributed by atoms with van der Waals surface area (Å²) in [6.45, 7) is 4.35. The minimum Gasteiger partial charge on any atom is -0.317 e. The van der Waals surface area contributed by atoms with E-state index in [2.05, 4.69) is 44.3 Å². The Bertz CT molecular complexity index is 541. The van der Waals surface area contributed by atoms with E-state index in [1.54, 1.807) is 0 Å². The zero-order valence-electron chi connectivity index (χ0n) is 12.0. The molecule has 1 aliphatic heterocycles. The Morgan fingerprint density at radius 2 is 1.90 bits per heavy atom. The molecule has 2 aromatic rings. The maximum Gasteiger partial charge on any atom is 0.137 e. The van der Waals surface area contributed by atoms with Crippen LogP contribution in [0.5, 0.6) is 0 Å². The molecule has 1 saturated heterocycles. The number of nitrogens with zero attached hydrogens (tertiary/aromatic N) is 3. The largest absolute Gasteiger partial charge is 0.317 e. The second kappa shape index (κ2) is 6.18. The molecule has 0 aliphatic carbocycles. The van der Waals surface area contributed by atoms with Crippen LogP contribution in [0.25, 0.3) is 5.69 Å². The Morgan fingerprint density at radius 3 is 2.65 bits per heavy atom. The summed E-state index contributed by atoms with van der Waals surface area (Å²) in [5.74, 6) is 2.89. The number of para-hydroxylation sites is 1. The standard InChI is InChI=1S/C16H22N4/c1-13-18-19-16(8-7-14-9-11-17-12-10-14)20(13)15-5-3-2-4-6-15/h2-6,14,17H,7-12H2,1H3. The predicted molar refractivity (Wildman–Crippen MR) is 80.0 cm³/mol. The van der Waals surface area contributed by atoms with Crippen molar-refractivity contribution in [1.82, 2.24) is 20.1 Å². The van der Waals surface area contributed by atoms with Gasteiger partial charge in [-0.2, -0.15) is 0 Å². The highest BCUT2D eigenvalue weighted by atomic mass is 15.3. The van der Waals surface area contributed by atoms with Crippen molar-refractivity contribution in [3.8, 4) is 5.69 Å². The van der Waals surface area contributed by atoms with Gasteiger partial charge >= 0.3 is 0 Å². The monoisotopic (exact) mass is 270 g/mol. The summed E-state index contributed by atoms with van der Waals surface area (Å²) < 4.78 is 2.18. The predicted octanol–water partition coefficient (Wildman–Crippen LogP) is 2.51. The fraction of sp³-hybridized carbons (Fsp3) is 0.500. The number of aromatic nitrogens is 3. The van der Waals surface area contributed by atoms with Gasteiger partial charge in [-0.3, -0.25) is 4.57 Å². The molecular formula is C16H22N4. The van der Waals surface area contributed by atoms with Gasteiger partial charge < -0.3 is 5.32 Å². The van der Waals surface area contributed by atoms with Crippen molar-refractivity contribution >= 4 is 0 Å². The normalized spacial score (nSPS) is 16.4. The highest BCUT2D eigenvalue weighted by Crippen LogP contribution is 2.20. The quantitative estimate of drug-likeness (QED) is 0.928. The summed E-state index contributed by atoms with van der Waals surface area (Å²) in [7, 11) is 0. The molecule has 0 spiro atoms. The molecule has 1 fully saturated rings. The van der Waals surface area contributed by atoms with E-state index in [1.807, 2.05) is 13.0 Å². The van der Waals surface area contributed by atoms with Crippen LogP contribution < -0.4 is 5.32 Å². The van der Waals surface area contributed by atoms with Crippen molar-refractivity contribution < 1.29 is 0 Å². The summed E-state index contributed by atoms with van der Waals surface area (Å²) >= 11 is 0. The van der Waals surface area contributed by atoms with Crippen LogP contribution in [0, 0.1) is 12.8 Å². The van der Waals surface area contributed by atoms with Gasteiger partial charge in [0.25, 0.3) is 0 Å². The molecule has 0 unspecified atom stereocenters. The summed E-state index contributed by atoms with van der Waals surface area (Å²) in [4.78, 5) is 0. The molecule has 1 aliphatic rings. The average molecular weight is 270 g/mol. The van der Waals surface area contributed by atoms with E-state index in [-0.39, 0.29) is 0 Å². The van der Waals surface area contributed by atoms with E-state index in [9.17, 15) is 0 Å². The number of benzene rings is 1. The average Bonchev–Trinajstić information content (AvgIpc) is 2.88. The summed E-state index contributed by atoms with van der Waals surface area (Å²) in [5.41, 5.74) is 1.16. The first-order valence-corrected chi connectivity index (χ1v) is 7.51. The number of piperidine rings is 1. The van der Waals surface area contributed by atoms with Crippen LogP contribution in [0.2, 0.25) is 0 Å². The van der Waals surface area contributed by atoms with Crippen molar-refractivity contribution in [2.45, 2.75) is 32.6 Å². The van der Waals surface area contributed by atoms with Gasteiger partial charge in [0.15, 0.2) is 0 Å². The maximum atomic E-state index is 4.37. The molecule has 0 bridgehead atoms. The highest BCUT2D eigenvalue weighted by Gasteiger charge is 2.16. The molecule has 0 atom stereocenters. The van der Waals surface area contributed by atoms with Gasteiger partial charge in [0, 0.05) is 12.1 Å². The first-order valence-electron chi connectivity index (χ1n) is 7.51. The Morgan fingerprint density at radius 1 is 1.15 bits per heavy atom. The van der Waals surface area contributed by atoms with E-state index in [0.29, 0.717) is 0 Å². The number of hydrogen-bond acceptors (Lipinski definition) is 3. The van der Waals surface area contributed by atoms with Gasteiger partial charge in [0.2, 0.25) is 0 Å². The number of nitrogens with one attached hydrogen (secondary N) is 1. The summed E-state index contributed by atoms with van der Waals surface area (Å²) in [5, 5.41) is 12.1. The molecule has 0 saturated carbocycles. The molecule has 1 aromatic carbocycles. The van der Waals surface area contributed by atoms with E-state index < -0.39 is 0 Å². The Hall–Kier alpha value is -1.68. The molecule has 0 amide bonds. The van der Waals surface area contributed by atoms with Gasteiger partial charge in [-0.15, -0.1) is 10.2 Å². The molecule has 106 valence electrons. The van der Waals surface area contributed by atoms with Crippen LogP contribution in [0.4, 0.5) is 0 Å². The van der Waals surface area contributed by atoms with Gasteiger partial charge in [0.1, 0.15) is 11.6 Å². The topological polar surface area (TPSA) is 42.7 Å². The van der Waals surface area contributed by atoms with Crippen molar-refractivity contribution in [1.29, 1.82) is 0 Å². The number of rotatable bonds is 4. The zero-order chi connectivity index (χ0) is 13.8. The third kappa shape index (κ3) is 2.90. The van der Waals surface area contributed by atoms with Crippen LogP contribution in [-0.4, -0.2) is 27.9 Å². The van der Waals surface area contributed by atoms with Crippen LogP contribution in [0.3, 0.4) is 0 Å². The molecule has 3 rings (SSSR count). The summed E-state index contributed by atoms with van der Waals surface area (Å²) in [6.07, 6.45) is 4.81. The smallest absolute Gasteiger partial charge is 0.137 e. The second-order valence-corrected chi connectivity index (χ2v) is 5.57. The molecule has 4 heteroatoms. The first-order chi connectivity index (χ1) is 9.84.